The Morgan fingerprint density at radius 3 is 3.12 bits per heavy atom. The minimum absolute atomic E-state index is 0.449. The van der Waals surface area contributed by atoms with Gasteiger partial charge in [0.1, 0.15) is 5.82 Å². The van der Waals surface area contributed by atoms with E-state index in [2.05, 4.69) is 17.2 Å². The minimum Gasteiger partial charge on any atom is -0.374 e. The van der Waals surface area contributed by atoms with Gasteiger partial charge in [-0.05, 0) is 36.5 Å². The second-order valence-electron chi connectivity index (χ2n) is 5.00. The zero-order valence-electron chi connectivity index (χ0n) is 10.8. The molecule has 1 heterocycles. The van der Waals surface area contributed by atoms with Gasteiger partial charge in [-0.15, -0.1) is 0 Å². The Balaban J connectivity index is 1.84. The van der Waals surface area contributed by atoms with E-state index in [0.29, 0.717) is 12.7 Å². The fourth-order valence-electron chi connectivity index (χ4n) is 2.44. The predicted octanol–water partition coefficient (Wildman–Crippen LogP) is 3.22. The van der Waals surface area contributed by atoms with Crippen LogP contribution >= 0.6 is 0 Å². The third-order valence-corrected chi connectivity index (χ3v) is 3.45. The van der Waals surface area contributed by atoms with Crippen molar-refractivity contribution in [2.75, 3.05) is 12.4 Å². The van der Waals surface area contributed by atoms with E-state index in [4.69, 9.17) is 4.74 Å². The lowest BCUT2D eigenvalue weighted by Crippen LogP contribution is -2.21. The molecule has 0 spiro atoms. The molecule has 1 saturated carbocycles. The molecule has 3 nitrogen and oxygen atoms in total. The van der Waals surface area contributed by atoms with Gasteiger partial charge in [-0.1, -0.05) is 19.8 Å². The lowest BCUT2D eigenvalue weighted by atomic mass is 9.89. The third-order valence-electron chi connectivity index (χ3n) is 3.45. The van der Waals surface area contributed by atoms with Crippen molar-refractivity contribution in [2.45, 2.75) is 45.3 Å². The van der Waals surface area contributed by atoms with Gasteiger partial charge in [0.15, 0.2) is 0 Å². The molecule has 1 aromatic heterocycles. The molecule has 17 heavy (non-hydrogen) atoms. The highest BCUT2D eigenvalue weighted by atomic mass is 16.5. The zero-order valence-corrected chi connectivity index (χ0v) is 10.8. The molecule has 0 bridgehead atoms. The maximum absolute atomic E-state index is 5.98. The van der Waals surface area contributed by atoms with Gasteiger partial charge >= 0.3 is 0 Å². The van der Waals surface area contributed by atoms with E-state index < -0.39 is 0 Å². The predicted molar refractivity (Wildman–Crippen MR) is 70.0 cm³/mol. The molecule has 2 atom stereocenters. The summed E-state index contributed by atoms with van der Waals surface area (Å²) >= 11 is 0. The Morgan fingerprint density at radius 1 is 1.47 bits per heavy atom. The highest BCUT2D eigenvalue weighted by molar-refractivity contribution is 5.36. The van der Waals surface area contributed by atoms with Gasteiger partial charge in [-0.3, -0.25) is 0 Å². The summed E-state index contributed by atoms with van der Waals surface area (Å²) in [4.78, 5) is 4.20. The van der Waals surface area contributed by atoms with Crippen molar-refractivity contribution in [1.29, 1.82) is 0 Å². The number of hydrogen-bond donors (Lipinski definition) is 1. The average Bonchev–Trinajstić information content (AvgIpc) is 2.37. The third kappa shape index (κ3) is 3.70. The molecule has 1 fully saturated rings. The van der Waals surface area contributed by atoms with Crippen LogP contribution in [0.4, 0.5) is 5.82 Å². The van der Waals surface area contributed by atoms with Crippen LogP contribution in [-0.2, 0) is 11.3 Å². The highest BCUT2D eigenvalue weighted by Gasteiger charge is 2.19. The van der Waals surface area contributed by atoms with Crippen LogP contribution in [0.1, 0.15) is 38.2 Å². The van der Waals surface area contributed by atoms with Crippen LogP contribution in [0.5, 0.6) is 0 Å². The van der Waals surface area contributed by atoms with Gasteiger partial charge in [0.25, 0.3) is 0 Å². The fourth-order valence-corrected chi connectivity index (χ4v) is 2.44. The van der Waals surface area contributed by atoms with Crippen molar-refractivity contribution in [3.8, 4) is 0 Å². The van der Waals surface area contributed by atoms with E-state index in [9.17, 15) is 0 Å². The van der Waals surface area contributed by atoms with Crippen molar-refractivity contribution in [2.24, 2.45) is 5.92 Å². The van der Waals surface area contributed by atoms with E-state index in [-0.39, 0.29) is 0 Å². The largest absolute Gasteiger partial charge is 0.374 e. The van der Waals surface area contributed by atoms with Crippen LogP contribution < -0.4 is 5.32 Å². The van der Waals surface area contributed by atoms with Crippen LogP contribution in [0.2, 0.25) is 0 Å². The Hall–Kier alpha value is -1.09. The molecule has 0 aliphatic heterocycles. The monoisotopic (exact) mass is 234 g/mol. The lowest BCUT2D eigenvalue weighted by Gasteiger charge is -2.26. The summed E-state index contributed by atoms with van der Waals surface area (Å²) in [5.74, 6) is 1.72. The summed E-state index contributed by atoms with van der Waals surface area (Å²) in [7, 11) is 1.88. The average molecular weight is 234 g/mol. The molecule has 1 aliphatic carbocycles. The van der Waals surface area contributed by atoms with Crippen LogP contribution in [0.25, 0.3) is 0 Å². The molecule has 1 N–H and O–H groups in total. The van der Waals surface area contributed by atoms with E-state index in [1.165, 1.54) is 31.2 Å². The number of nitrogens with one attached hydrogen (secondary N) is 1. The van der Waals surface area contributed by atoms with Gasteiger partial charge in [-0.2, -0.15) is 0 Å². The summed E-state index contributed by atoms with van der Waals surface area (Å²) in [5.41, 5.74) is 1.20. The second-order valence-corrected chi connectivity index (χ2v) is 5.00. The Kier molecular flexibility index (Phi) is 4.37. The maximum Gasteiger partial charge on any atom is 0.125 e. The lowest BCUT2D eigenvalue weighted by molar-refractivity contribution is 0.00466. The highest BCUT2D eigenvalue weighted by Crippen LogP contribution is 2.26. The summed E-state index contributed by atoms with van der Waals surface area (Å²) in [6, 6.07) is 4.07. The quantitative estimate of drug-likeness (QED) is 0.868. The van der Waals surface area contributed by atoms with Crippen LogP contribution in [0, 0.1) is 5.92 Å². The Labute approximate surface area is 104 Å². The van der Waals surface area contributed by atoms with Crippen LogP contribution in [-0.4, -0.2) is 18.1 Å². The number of ether oxygens (including phenoxy) is 1. The van der Waals surface area contributed by atoms with Gasteiger partial charge in [0.05, 0.1) is 12.7 Å². The van der Waals surface area contributed by atoms with E-state index in [0.717, 1.165) is 11.7 Å². The van der Waals surface area contributed by atoms with Crippen molar-refractivity contribution >= 4 is 5.82 Å². The van der Waals surface area contributed by atoms with Gasteiger partial charge < -0.3 is 10.1 Å². The molecule has 0 saturated heterocycles. The Morgan fingerprint density at radius 2 is 2.35 bits per heavy atom. The van der Waals surface area contributed by atoms with E-state index >= 15 is 0 Å². The number of pyridine rings is 1. The number of aromatic nitrogens is 1. The molecule has 2 unspecified atom stereocenters. The first-order valence-electron chi connectivity index (χ1n) is 6.52. The summed E-state index contributed by atoms with van der Waals surface area (Å²) in [6.07, 6.45) is 7.37. The summed E-state index contributed by atoms with van der Waals surface area (Å²) < 4.78 is 5.98. The van der Waals surface area contributed by atoms with Crippen LogP contribution in [0.15, 0.2) is 18.3 Å². The molecular formula is C14H22N2O. The minimum atomic E-state index is 0.449. The molecule has 0 aromatic carbocycles. The topological polar surface area (TPSA) is 34.1 Å². The number of nitrogens with zero attached hydrogens (tertiary/aromatic N) is 1. The molecule has 1 aliphatic rings. The Bertz CT molecular complexity index is 354. The molecular weight excluding hydrogens is 212 g/mol. The molecule has 1 aromatic rings. The molecule has 94 valence electrons. The number of rotatable bonds is 4. The van der Waals surface area contributed by atoms with Crippen LogP contribution in [0.3, 0.4) is 0 Å². The van der Waals surface area contributed by atoms with Gasteiger partial charge in [-0.25, -0.2) is 4.98 Å². The number of hydrogen-bond acceptors (Lipinski definition) is 3. The SMILES string of the molecule is CNc1cc(COC2CCCC(C)C2)ccn1. The van der Waals surface area contributed by atoms with Crippen molar-refractivity contribution in [3.05, 3.63) is 23.9 Å². The van der Waals surface area contributed by atoms with Gasteiger partial charge in [0, 0.05) is 13.2 Å². The van der Waals surface area contributed by atoms with E-state index in [1.54, 1.807) is 0 Å². The normalized spacial score (nSPS) is 24.6. The summed E-state index contributed by atoms with van der Waals surface area (Å²) in [6.45, 7) is 3.02. The van der Waals surface area contributed by atoms with Gasteiger partial charge in [0.2, 0.25) is 0 Å². The summed E-state index contributed by atoms with van der Waals surface area (Å²) in [5, 5.41) is 3.05. The molecule has 0 radical (unpaired) electrons. The number of anilines is 1. The first-order valence-corrected chi connectivity index (χ1v) is 6.52. The second kappa shape index (κ2) is 6.01. The first kappa shape index (κ1) is 12.4. The maximum atomic E-state index is 5.98. The standard InChI is InChI=1S/C14H22N2O/c1-11-4-3-5-13(8-11)17-10-12-6-7-16-14(9-12)15-2/h6-7,9,11,13H,3-5,8,10H2,1-2H3,(H,15,16). The molecule has 0 amide bonds. The molecule has 2 rings (SSSR count). The molecule has 3 heteroatoms. The van der Waals surface area contributed by atoms with Crippen molar-refractivity contribution in [1.82, 2.24) is 4.98 Å². The zero-order chi connectivity index (χ0) is 12.1. The van der Waals surface area contributed by atoms with E-state index in [1.807, 2.05) is 25.4 Å². The fraction of sp³-hybridized carbons (Fsp3) is 0.643. The first-order chi connectivity index (χ1) is 8.28. The van der Waals surface area contributed by atoms with Crippen molar-refractivity contribution < 1.29 is 4.74 Å². The smallest absolute Gasteiger partial charge is 0.125 e. The van der Waals surface area contributed by atoms with Crippen molar-refractivity contribution in [3.63, 3.8) is 0 Å².